The standard InChI is InChI=1S/C11H11FINO/c1-3-6-15-11-7-9(8(2)14-13)4-5-10(11)12/h3-5,7H,1,6H2,2H3/b14-8+. The Morgan fingerprint density at radius 1 is 1.67 bits per heavy atom. The van der Waals surface area contributed by atoms with Crippen molar-refractivity contribution < 1.29 is 9.13 Å². The van der Waals surface area contributed by atoms with Crippen molar-refractivity contribution in [3.8, 4) is 5.75 Å². The van der Waals surface area contributed by atoms with Crippen molar-refractivity contribution >= 4 is 28.6 Å². The van der Waals surface area contributed by atoms with Crippen molar-refractivity contribution in [1.29, 1.82) is 0 Å². The maximum atomic E-state index is 13.3. The fourth-order valence-corrected chi connectivity index (χ4v) is 1.32. The molecule has 15 heavy (non-hydrogen) atoms. The SMILES string of the molecule is C=CCOc1cc(/C(C)=N/I)ccc1F. The molecule has 0 bridgehead atoms. The number of benzene rings is 1. The Labute approximate surface area is 102 Å². The van der Waals surface area contributed by atoms with E-state index in [4.69, 9.17) is 4.74 Å². The summed E-state index contributed by atoms with van der Waals surface area (Å²) in [6.45, 7) is 5.66. The van der Waals surface area contributed by atoms with Crippen LogP contribution in [0.15, 0.2) is 34.1 Å². The van der Waals surface area contributed by atoms with Crippen LogP contribution in [0.4, 0.5) is 4.39 Å². The summed E-state index contributed by atoms with van der Waals surface area (Å²) >= 11 is 1.90. The smallest absolute Gasteiger partial charge is 0.165 e. The van der Waals surface area contributed by atoms with E-state index in [1.165, 1.54) is 6.07 Å². The molecule has 0 radical (unpaired) electrons. The summed E-state index contributed by atoms with van der Waals surface area (Å²) in [7, 11) is 0. The van der Waals surface area contributed by atoms with E-state index < -0.39 is 0 Å². The molecule has 0 spiro atoms. The van der Waals surface area contributed by atoms with Crippen LogP contribution in [0.2, 0.25) is 0 Å². The van der Waals surface area contributed by atoms with Gasteiger partial charge in [-0.05, 0) is 25.1 Å². The van der Waals surface area contributed by atoms with Crippen LogP contribution in [-0.4, -0.2) is 12.3 Å². The number of rotatable bonds is 4. The van der Waals surface area contributed by atoms with Gasteiger partial charge in [-0.2, -0.15) is 0 Å². The molecule has 0 atom stereocenters. The minimum atomic E-state index is -0.373. The van der Waals surface area contributed by atoms with Crippen LogP contribution >= 0.6 is 22.9 Å². The van der Waals surface area contributed by atoms with Crippen molar-refractivity contribution in [3.05, 3.63) is 42.2 Å². The van der Waals surface area contributed by atoms with E-state index in [1.54, 1.807) is 18.2 Å². The first kappa shape index (κ1) is 12.2. The fraction of sp³-hybridized carbons (Fsp3) is 0.182. The predicted molar refractivity (Wildman–Crippen MR) is 68.3 cm³/mol. The van der Waals surface area contributed by atoms with Gasteiger partial charge in [0.1, 0.15) is 6.61 Å². The van der Waals surface area contributed by atoms with E-state index in [2.05, 4.69) is 9.78 Å². The maximum Gasteiger partial charge on any atom is 0.165 e. The van der Waals surface area contributed by atoms with Crippen molar-refractivity contribution in [2.24, 2.45) is 3.21 Å². The quantitative estimate of drug-likeness (QED) is 0.472. The molecule has 0 N–H and O–H groups in total. The molecular formula is C11H11FINO. The second-order valence-electron chi connectivity index (χ2n) is 2.91. The van der Waals surface area contributed by atoms with Crippen molar-refractivity contribution in [2.45, 2.75) is 6.92 Å². The molecule has 0 fully saturated rings. The molecule has 80 valence electrons. The zero-order chi connectivity index (χ0) is 11.3. The topological polar surface area (TPSA) is 21.6 Å². The highest BCUT2D eigenvalue weighted by Gasteiger charge is 2.05. The largest absolute Gasteiger partial charge is 0.486 e. The number of nitrogens with zero attached hydrogens (tertiary/aromatic N) is 1. The Morgan fingerprint density at radius 3 is 3.00 bits per heavy atom. The predicted octanol–water partition coefficient (Wildman–Crippen LogP) is 3.55. The summed E-state index contributed by atoms with van der Waals surface area (Å²) in [6, 6.07) is 4.68. The van der Waals surface area contributed by atoms with Crippen LogP contribution in [0.25, 0.3) is 0 Å². The second-order valence-corrected chi connectivity index (χ2v) is 3.40. The average molecular weight is 319 g/mol. The summed E-state index contributed by atoms with van der Waals surface area (Å²) in [5, 5.41) is 0. The first-order chi connectivity index (χ1) is 7.19. The van der Waals surface area contributed by atoms with Gasteiger partial charge in [0.25, 0.3) is 0 Å². The Bertz CT molecular complexity index is 390. The minimum absolute atomic E-state index is 0.229. The Morgan fingerprint density at radius 2 is 2.40 bits per heavy atom. The summed E-state index contributed by atoms with van der Waals surface area (Å²) in [5.74, 6) is -0.145. The molecule has 0 aromatic heterocycles. The van der Waals surface area contributed by atoms with Crippen LogP contribution < -0.4 is 4.74 Å². The number of hydrogen-bond donors (Lipinski definition) is 0. The van der Waals surface area contributed by atoms with Gasteiger partial charge in [0.2, 0.25) is 0 Å². The summed E-state index contributed by atoms with van der Waals surface area (Å²) in [5.41, 5.74) is 1.68. The number of hydrogen-bond acceptors (Lipinski definition) is 2. The highest BCUT2D eigenvalue weighted by atomic mass is 127. The molecule has 0 saturated carbocycles. The summed E-state index contributed by atoms with van der Waals surface area (Å²) in [6.07, 6.45) is 1.57. The lowest BCUT2D eigenvalue weighted by Crippen LogP contribution is -1.99. The molecule has 0 saturated heterocycles. The minimum Gasteiger partial charge on any atom is -0.486 e. The third-order valence-corrected chi connectivity index (χ3v) is 2.56. The lowest BCUT2D eigenvalue weighted by Gasteiger charge is -2.06. The molecule has 0 aliphatic rings. The number of halogens is 2. The van der Waals surface area contributed by atoms with E-state index in [9.17, 15) is 4.39 Å². The fourth-order valence-electron chi connectivity index (χ4n) is 1.04. The van der Waals surface area contributed by atoms with Gasteiger partial charge >= 0.3 is 0 Å². The highest BCUT2D eigenvalue weighted by Crippen LogP contribution is 2.19. The lowest BCUT2D eigenvalue weighted by atomic mass is 10.1. The molecule has 0 heterocycles. The lowest BCUT2D eigenvalue weighted by molar-refractivity contribution is 0.342. The van der Waals surface area contributed by atoms with Gasteiger partial charge in [-0.3, -0.25) is 0 Å². The Balaban J connectivity index is 2.99. The van der Waals surface area contributed by atoms with E-state index in [-0.39, 0.29) is 11.6 Å². The second kappa shape index (κ2) is 5.85. The molecule has 0 amide bonds. The van der Waals surface area contributed by atoms with Gasteiger partial charge in [0.05, 0.1) is 28.6 Å². The van der Waals surface area contributed by atoms with E-state index in [0.717, 1.165) is 11.3 Å². The molecule has 2 nitrogen and oxygen atoms in total. The Hall–Kier alpha value is -0.910. The first-order valence-corrected chi connectivity index (χ1v) is 5.34. The average Bonchev–Trinajstić information content (AvgIpc) is 2.27. The third kappa shape index (κ3) is 3.30. The van der Waals surface area contributed by atoms with Crippen LogP contribution in [-0.2, 0) is 0 Å². The van der Waals surface area contributed by atoms with Crippen LogP contribution in [0.5, 0.6) is 5.75 Å². The highest BCUT2D eigenvalue weighted by molar-refractivity contribution is 14.1. The van der Waals surface area contributed by atoms with Gasteiger partial charge < -0.3 is 4.74 Å². The summed E-state index contributed by atoms with van der Waals surface area (Å²) < 4.78 is 22.4. The van der Waals surface area contributed by atoms with Gasteiger partial charge in [-0.25, -0.2) is 7.60 Å². The van der Waals surface area contributed by atoms with E-state index in [1.807, 2.05) is 29.8 Å². The molecular weight excluding hydrogens is 308 g/mol. The van der Waals surface area contributed by atoms with Gasteiger partial charge in [0.15, 0.2) is 11.6 Å². The molecule has 0 aliphatic carbocycles. The van der Waals surface area contributed by atoms with Gasteiger partial charge in [0, 0.05) is 5.56 Å². The third-order valence-electron chi connectivity index (χ3n) is 1.83. The molecule has 1 aromatic carbocycles. The normalized spacial score (nSPS) is 11.3. The van der Waals surface area contributed by atoms with Crippen molar-refractivity contribution in [2.75, 3.05) is 6.61 Å². The zero-order valence-electron chi connectivity index (χ0n) is 8.34. The van der Waals surface area contributed by atoms with Crippen molar-refractivity contribution in [3.63, 3.8) is 0 Å². The van der Waals surface area contributed by atoms with Crippen molar-refractivity contribution in [1.82, 2.24) is 0 Å². The molecule has 0 aliphatic heterocycles. The first-order valence-electron chi connectivity index (χ1n) is 4.38. The van der Waals surface area contributed by atoms with E-state index >= 15 is 0 Å². The monoisotopic (exact) mass is 319 g/mol. The summed E-state index contributed by atoms with van der Waals surface area (Å²) in [4.78, 5) is 0. The molecule has 0 unspecified atom stereocenters. The van der Waals surface area contributed by atoms with Gasteiger partial charge in [-0.15, -0.1) is 0 Å². The zero-order valence-corrected chi connectivity index (χ0v) is 10.5. The van der Waals surface area contributed by atoms with Gasteiger partial charge in [-0.1, -0.05) is 12.7 Å². The molecule has 4 heteroatoms. The molecule has 1 rings (SSSR count). The number of ether oxygens (including phenoxy) is 1. The maximum absolute atomic E-state index is 13.3. The Kier molecular flexibility index (Phi) is 4.74. The van der Waals surface area contributed by atoms with E-state index in [0.29, 0.717) is 6.61 Å². The van der Waals surface area contributed by atoms with Crippen LogP contribution in [0, 0.1) is 5.82 Å². The van der Waals surface area contributed by atoms with Crippen LogP contribution in [0.3, 0.4) is 0 Å². The molecule has 1 aromatic rings. The van der Waals surface area contributed by atoms with Crippen LogP contribution in [0.1, 0.15) is 12.5 Å².